The van der Waals surface area contributed by atoms with Crippen molar-refractivity contribution in [3.8, 4) is 24.0 Å². The van der Waals surface area contributed by atoms with Gasteiger partial charge in [0.2, 0.25) is 17.1 Å². The van der Waals surface area contributed by atoms with Crippen LogP contribution in [0.5, 0.6) is 5.75 Å². The van der Waals surface area contributed by atoms with Crippen LogP contribution < -0.4 is 4.74 Å². The van der Waals surface area contributed by atoms with Crippen molar-refractivity contribution in [2.24, 2.45) is 16.7 Å². The van der Waals surface area contributed by atoms with Crippen molar-refractivity contribution in [2.45, 2.75) is 64.3 Å². The summed E-state index contributed by atoms with van der Waals surface area (Å²) in [5, 5.41) is 40.2. The van der Waals surface area contributed by atoms with Gasteiger partial charge >= 0.3 is 0 Å². The van der Waals surface area contributed by atoms with Crippen molar-refractivity contribution in [3.05, 3.63) is 65.7 Å². The molecule has 7 heteroatoms. The Hall–Kier alpha value is -3.86. The van der Waals surface area contributed by atoms with E-state index in [-0.39, 0.29) is 0 Å². The van der Waals surface area contributed by atoms with Crippen molar-refractivity contribution in [3.63, 3.8) is 0 Å². The molecule has 2 fully saturated rings. The lowest BCUT2D eigenvalue weighted by Crippen LogP contribution is -2.58. The lowest BCUT2D eigenvalue weighted by atomic mass is 9.52. The highest BCUT2D eigenvalue weighted by Gasteiger charge is 2.80. The molecule has 2 aliphatic rings. The molecule has 0 radical (unpaired) electrons. The monoisotopic (exact) mass is 496 g/mol. The Balaban J connectivity index is 1.73. The molecular formula is C30H32N4O3. The fourth-order valence-corrected chi connectivity index (χ4v) is 5.84. The van der Waals surface area contributed by atoms with Gasteiger partial charge < -0.3 is 14.2 Å². The van der Waals surface area contributed by atoms with Crippen molar-refractivity contribution in [2.75, 3.05) is 6.61 Å². The van der Waals surface area contributed by atoms with Crippen LogP contribution in [0.15, 0.2) is 54.6 Å². The Morgan fingerprint density at radius 3 is 2.16 bits per heavy atom. The fraction of sp³-hybridized carbons (Fsp3) is 0.467. The molecule has 2 bridgehead atoms. The van der Waals surface area contributed by atoms with Gasteiger partial charge in [0.1, 0.15) is 11.9 Å². The molecule has 2 aliphatic heterocycles. The molecule has 0 aromatic heterocycles. The van der Waals surface area contributed by atoms with Crippen molar-refractivity contribution in [1.29, 1.82) is 21.2 Å². The maximum absolute atomic E-state index is 10.5. The molecule has 4 rings (SSSR count). The highest BCUT2D eigenvalue weighted by molar-refractivity contribution is 5.89. The average Bonchev–Trinajstić information content (AvgIpc) is 3.15. The van der Waals surface area contributed by atoms with Crippen LogP contribution in [0, 0.1) is 56.2 Å². The van der Waals surface area contributed by atoms with E-state index in [2.05, 4.69) is 25.1 Å². The summed E-state index contributed by atoms with van der Waals surface area (Å²) in [6, 6.07) is 22.7. The Labute approximate surface area is 218 Å². The van der Waals surface area contributed by atoms with Crippen molar-refractivity contribution < 1.29 is 14.2 Å². The molecule has 0 aliphatic carbocycles. The predicted molar refractivity (Wildman–Crippen MR) is 137 cm³/mol. The van der Waals surface area contributed by atoms with E-state index in [1.165, 1.54) is 19.3 Å². The van der Waals surface area contributed by atoms with E-state index in [0.717, 1.165) is 12.8 Å². The molecule has 4 unspecified atom stereocenters. The summed E-state index contributed by atoms with van der Waals surface area (Å²) in [4.78, 5) is 0. The van der Waals surface area contributed by atoms with Gasteiger partial charge in [0.25, 0.3) is 0 Å². The Morgan fingerprint density at radius 2 is 1.57 bits per heavy atom. The molecule has 2 saturated heterocycles. The van der Waals surface area contributed by atoms with E-state index < -0.39 is 34.5 Å². The first-order valence-corrected chi connectivity index (χ1v) is 13.0. The molecule has 2 heterocycles. The zero-order valence-corrected chi connectivity index (χ0v) is 21.4. The zero-order valence-electron chi connectivity index (χ0n) is 21.4. The number of unbranched alkanes of at least 4 members (excludes halogenated alkanes) is 4. The number of hydrogen-bond donors (Lipinski definition) is 1. The number of nitriles is 3. The molecule has 0 spiro atoms. The lowest BCUT2D eigenvalue weighted by molar-refractivity contribution is -0.292. The average molecular weight is 497 g/mol. The number of nitrogens with one attached hydrogen (secondary N) is 1. The second-order valence-electron chi connectivity index (χ2n) is 9.71. The molecule has 0 saturated carbocycles. The second kappa shape index (κ2) is 10.6. The first-order valence-electron chi connectivity index (χ1n) is 13.0. The van der Waals surface area contributed by atoms with Gasteiger partial charge in [-0.3, -0.25) is 5.41 Å². The molecule has 4 atom stereocenters. The summed E-state index contributed by atoms with van der Waals surface area (Å²) < 4.78 is 18.6. The second-order valence-corrected chi connectivity index (χ2v) is 9.71. The van der Waals surface area contributed by atoms with Gasteiger partial charge in [-0.15, -0.1) is 0 Å². The van der Waals surface area contributed by atoms with Gasteiger partial charge in [0.15, 0.2) is 5.41 Å². The van der Waals surface area contributed by atoms with Crippen LogP contribution in [0.3, 0.4) is 0 Å². The van der Waals surface area contributed by atoms with E-state index in [0.29, 0.717) is 29.9 Å². The smallest absolute Gasteiger partial charge is 0.244 e. The Morgan fingerprint density at radius 1 is 0.892 bits per heavy atom. The van der Waals surface area contributed by atoms with E-state index in [9.17, 15) is 15.8 Å². The third-order valence-electron chi connectivity index (χ3n) is 7.71. The minimum absolute atomic E-state index is 0.369. The van der Waals surface area contributed by atoms with Crippen LogP contribution in [0.2, 0.25) is 0 Å². The minimum atomic E-state index is -1.99. The highest BCUT2D eigenvalue weighted by atomic mass is 16.7. The summed E-state index contributed by atoms with van der Waals surface area (Å²) >= 11 is 0. The lowest BCUT2D eigenvalue weighted by Gasteiger charge is -2.49. The summed E-state index contributed by atoms with van der Waals surface area (Å²) in [7, 11) is 0. The summed E-state index contributed by atoms with van der Waals surface area (Å²) in [6.45, 7) is 4.65. The summed E-state index contributed by atoms with van der Waals surface area (Å²) in [5.41, 5.74) is -2.61. The number of fused-ring (bicyclic) bond motifs is 2. The van der Waals surface area contributed by atoms with Gasteiger partial charge in [0.05, 0.1) is 30.7 Å². The number of nitrogens with zero attached hydrogens (tertiary/aromatic N) is 3. The maximum Gasteiger partial charge on any atom is 0.244 e. The van der Waals surface area contributed by atoms with Crippen LogP contribution >= 0.6 is 0 Å². The van der Waals surface area contributed by atoms with Crippen LogP contribution in [0.1, 0.15) is 69.6 Å². The Kier molecular flexibility index (Phi) is 7.53. The summed E-state index contributed by atoms with van der Waals surface area (Å²) in [5.74, 6) is -1.93. The SMILES string of the molecule is CCCCCCCOc1ccc(C2OC3(c4ccccc4)OC(=N)C(C#N)(C3CC)C2(C#N)C#N)cc1. The normalized spacial score (nSPS) is 27.4. The molecular weight excluding hydrogens is 464 g/mol. The van der Waals surface area contributed by atoms with E-state index in [1.54, 1.807) is 24.3 Å². The van der Waals surface area contributed by atoms with Crippen LogP contribution in [0.4, 0.5) is 0 Å². The molecule has 0 amide bonds. The molecule has 7 nitrogen and oxygen atoms in total. The van der Waals surface area contributed by atoms with Gasteiger partial charge in [-0.05, 0) is 30.5 Å². The molecule has 190 valence electrons. The largest absolute Gasteiger partial charge is 0.494 e. The fourth-order valence-electron chi connectivity index (χ4n) is 5.84. The van der Waals surface area contributed by atoms with Gasteiger partial charge in [-0.2, -0.15) is 15.8 Å². The van der Waals surface area contributed by atoms with Gasteiger partial charge in [0, 0.05) is 5.56 Å². The van der Waals surface area contributed by atoms with Crippen LogP contribution in [-0.4, -0.2) is 12.5 Å². The predicted octanol–water partition coefficient (Wildman–Crippen LogP) is 6.54. The number of ether oxygens (including phenoxy) is 3. The molecule has 1 N–H and O–H groups in total. The van der Waals surface area contributed by atoms with Crippen LogP contribution in [0.25, 0.3) is 0 Å². The van der Waals surface area contributed by atoms with Crippen molar-refractivity contribution >= 4 is 5.90 Å². The third-order valence-corrected chi connectivity index (χ3v) is 7.71. The number of hydrogen-bond acceptors (Lipinski definition) is 7. The van der Waals surface area contributed by atoms with E-state index >= 15 is 0 Å². The standard InChI is InChI=1S/C30H32N4O3/c1-3-5-6-7-11-18-35-24-16-14-22(15-17-24)26-28(19-31,20-32)29(21-33)25(4-2)30(36-26,37-27(29)34)23-12-9-8-10-13-23/h8-10,12-17,25-26,34H,3-7,11,18H2,1-2H3. The zero-order chi connectivity index (χ0) is 26.5. The minimum Gasteiger partial charge on any atom is -0.494 e. The first-order chi connectivity index (χ1) is 18.0. The molecule has 37 heavy (non-hydrogen) atoms. The quantitative estimate of drug-likeness (QED) is 0.373. The van der Waals surface area contributed by atoms with Gasteiger partial charge in [-0.25, -0.2) is 0 Å². The first kappa shape index (κ1) is 26.2. The number of rotatable bonds is 10. The van der Waals surface area contributed by atoms with Crippen LogP contribution in [-0.2, 0) is 15.3 Å². The van der Waals surface area contributed by atoms with E-state index in [4.69, 9.17) is 19.6 Å². The number of benzene rings is 2. The molecule has 2 aromatic rings. The van der Waals surface area contributed by atoms with Crippen molar-refractivity contribution in [1.82, 2.24) is 0 Å². The highest BCUT2D eigenvalue weighted by Crippen LogP contribution is 2.69. The maximum atomic E-state index is 10.5. The van der Waals surface area contributed by atoms with Gasteiger partial charge in [-0.1, -0.05) is 82.0 Å². The molecule has 2 aromatic carbocycles. The van der Waals surface area contributed by atoms with E-state index in [1.807, 2.05) is 37.3 Å². The third kappa shape index (κ3) is 3.93. The Bertz CT molecular complexity index is 1230. The summed E-state index contributed by atoms with van der Waals surface area (Å²) in [6.07, 6.45) is 4.95. The topological polar surface area (TPSA) is 123 Å².